The number of rotatable bonds is 2. The number of hydrogen-bond donors (Lipinski definition) is 1. The predicted molar refractivity (Wildman–Crippen MR) is 48.6 cm³/mol. The van der Waals surface area contributed by atoms with Crippen LogP contribution in [0.25, 0.3) is 0 Å². The fraction of sp³-hybridized carbons (Fsp3) is 0.143. The molecule has 4 nitrogen and oxygen atoms in total. The van der Waals surface area contributed by atoms with E-state index in [0.717, 1.165) is 12.1 Å². The van der Waals surface area contributed by atoms with Crippen molar-refractivity contribution in [3.8, 4) is 0 Å². The van der Waals surface area contributed by atoms with E-state index < -0.39 is 10.7 Å². The van der Waals surface area contributed by atoms with Gasteiger partial charge in [0.25, 0.3) is 5.69 Å². The molecule has 1 rings (SSSR count). The van der Waals surface area contributed by atoms with Gasteiger partial charge in [-0.25, -0.2) is 4.39 Å². The van der Waals surface area contributed by atoms with Crippen molar-refractivity contribution in [2.75, 3.05) is 0 Å². The number of halogens is 2. The second-order valence-electron chi connectivity index (χ2n) is 2.35. The topological polar surface area (TPSA) is 69.2 Å². The molecule has 0 aromatic heterocycles. The molecule has 2 N–H and O–H groups in total. The van der Waals surface area contributed by atoms with Crippen LogP contribution in [0.2, 0.25) is 0 Å². The van der Waals surface area contributed by atoms with Gasteiger partial charge in [-0.05, 0) is 6.07 Å². The van der Waals surface area contributed by atoms with Gasteiger partial charge in [0, 0.05) is 11.0 Å². The molecule has 0 aliphatic carbocycles. The van der Waals surface area contributed by atoms with Gasteiger partial charge in [-0.2, -0.15) is 0 Å². The van der Waals surface area contributed by atoms with Gasteiger partial charge in [0.05, 0.1) is 16.6 Å². The molecule has 1 aromatic carbocycles. The van der Waals surface area contributed by atoms with Crippen LogP contribution in [0.4, 0.5) is 10.1 Å². The first-order valence-electron chi connectivity index (χ1n) is 3.38. The highest BCUT2D eigenvalue weighted by Gasteiger charge is 2.17. The van der Waals surface area contributed by atoms with Gasteiger partial charge < -0.3 is 5.73 Å². The molecule has 0 spiro atoms. The summed E-state index contributed by atoms with van der Waals surface area (Å²) in [7, 11) is 0. The Kier molecular flexibility index (Phi) is 2.94. The van der Waals surface area contributed by atoms with Crippen LogP contribution in [0, 0.1) is 15.9 Å². The average Bonchev–Trinajstić information content (AvgIpc) is 2.02. The Balaban J connectivity index is 3.38. The molecule has 0 fully saturated rings. The van der Waals surface area contributed by atoms with Crippen molar-refractivity contribution in [2.24, 2.45) is 5.73 Å². The van der Waals surface area contributed by atoms with E-state index >= 15 is 0 Å². The molecular formula is C7H6BrFN2O2. The van der Waals surface area contributed by atoms with Crippen LogP contribution in [0.5, 0.6) is 0 Å². The van der Waals surface area contributed by atoms with Crippen LogP contribution < -0.4 is 5.73 Å². The molecule has 0 aliphatic rings. The van der Waals surface area contributed by atoms with Gasteiger partial charge in [0.1, 0.15) is 5.82 Å². The van der Waals surface area contributed by atoms with Crippen LogP contribution in [0.3, 0.4) is 0 Å². The number of benzene rings is 1. The molecule has 13 heavy (non-hydrogen) atoms. The third-order valence-electron chi connectivity index (χ3n) is 1.54. The minimum Gasteiger partial charge on any atom is -0.326 e. The summed E-state index contributed by atoms with van der Waals surface area (Å²) < 4.78 is 13.1. The van der Waals surface area contributed by atoms with Crippen molar-refractivity contribution in [1.29, 1.82) is 0 Å². The summed E-state index contributed by atoms with van der Waals surface area (Å²) in [5.74, 6) is -0.657. The summed E-state index contributed by atoms with van der Waals surface area (Å²) in [6.07, 6.45) is 0. The summed E-state index contributed by atoms with van der Waals surface area (Å²) in [5.41, 5.74) is 5.28. The van der Waals surface area contributed by atoms with Crippen molar-refractivity contribution in [2.45, 2.75) is 6.54 Å². The van der Waals surface area contributed by atoms with Gasteiger partial charge in [-0.3, -0.25) is 10.1 Å². The van der Waals surface area contributed by atoms with E-state index in [4.69, 9.17) is 5.73 Å². The molecule has 70 valence electrons. The lowest BCUT2D eigenvalue weighted by Gasteiger charge is -2.02. The Morgan fingerprint density at radius 3 is 2.69 bits per heavy atom. The third kappa shape index (κ3) is 2.02. The van der Waals surface area contributed by atoms with E-state index in [2.05, 4.69) is 15.9 Å². The van der Waals surface area contributed by atoms with Crippen molar-refractivity contribution < 1.29 is 9.31 Å². The molecule has 0 atom stereocenters. The zero-order valence-corrected chi connectivity index (χ0v) is 8.04. The molecular weight excluding hydrogens is 243 g/mol. The van der Waals surface area contributed by atoms with E-state index in [9.17, 15) is 14.5 Å². The quantitative estimate of drug-likeness (QED) is 0.643. The Bertz CT molecular complexity index is 357. The maximum atomic E-state index is 12.7. The first kappa shape index (κ1) is 10.1. The van der Waals surface area contributed by atoms with Crippen LogP contribution in [0.1, 0.15) is 5.56 Å². The van der Waals surface area contributed by atoms with Crippen LogP contribution >= 0.6 is 15.9 Å². The fourth-order valence-corrected chi connectivity index (χ4v) is 1.54. The first-order chi connectivity index (χ1) is 6.06. The normalized spacial score (nSPS) is 10.1. The number of hydrogen-bond acceptors (Lipinski definition) is 3. The molecule has 0 aliphatic heterocycles. The zero-order chi connectivity index (χ0) is 10.0. The summed E-state index contributed by atoms with van der Waals surface area (Å²) >= 11 is 3.00. The summed E-state index contributed by atoms with van der Waals surface area (Å²) in [4.78, 5) is 9.79. The van der Waals surface area contributed by atoms with E-state index in [1.165, 1.54) is 0 Å². The third-order valence-corrected chi connectivity index (χ3v) is 2.25. The Hall–Kier alpha value is -1.01. The van der Waals surface area contributed by atoms with Crippen LogP contribution in [-0.4, -0.2) is 4.92 Å². The number of nitrogens with zero attached hydrogens (tertiary/aromatic N) is 1. The van der Waals surface area contributed by atoms with Crippen molar-refractivity contribution in [3.63, 3.8) is 0 Å². The number of nitro groups is 1. The molecule has 0 bridgehead atoms. The highest BCUT2D eigenvalue weighted by Crippen LogP contribution is 2.27. The first-order valence-corrected chi connectivity index (χ1v) is 4.18. The van der Waals surface area contributed by atoms with Gasteiger partial charge in [0.15, 0.2) is 0 Å². The molecule has 0 saturated heterocycles. The summed E-state index contributed by atoms with van der Waals surface area (Å²) in [6, 6.07) is 2.00. The molecule has 6 heteroatoms. The van der Waals surface area contributed by atoms with Gasteiger partial charge >= 0.3 is 0 Å². The molecule has 1 aromatic rings. The lowest BCUT2D eigenvalue weighted by Crippen LogP contribution is -2.03. The Labute approximate surface area is 81.8 Å². The SMILES string of the molecule is NCc1c(Br)cc(F)cc1[N+](=O)[O-]. The van der Waals surface area contributed by atoms with Gasteiger partial charge in [-0.1, -0.05) is 15.9 Å². The molecule has 0 saturated carbocycles. The fourth-order valence-electron chi connectivity index (χ4n) is 0.955. The monoisotopic (exact) mass is 248 g/mol. The lowest BCUT2D eigenvalue weighted by molar-refractivity contribution is -0.385. The Morgan fingerprint density at radius 1 is 1.62 bits per heavy atom. The summed E-state index contributed by atoms with van der Waals surface area (Å²) in [5, 5.41) is 10.4. The number of nitrogens with two attached hydrogens (primary N) is 1. The van der Waals surface area contributed by atoms with E-state index in [-0.39, 0.29) is 12.2 Å². The van der Waals surface area contributed by atoms with Crippen LogP contribution in [0.15, 0.2) is 16.6 Å². The Morgan fingerprint density at radius 2 is 2.23 bits per heavy atom. The second-order valence-corrected chi connectivity index (χ2v) is 3.20. The predicted octanol–water partition coefficient (Wildman–Crippen LogP) is 1.96. The van der Waals surface area contributed by atoms with Crippen LogP contribution in [-0.2, 0) is 6.54 Å². The minimum atomic E-state index is -0.657. The average molecular weight is 249 g/mol. The highest BCUT2D eigenvalue weighted by molar-refractivity contribution is 9.10. The molecule has 0 radical (unpaired) electrons. The summed E-state index contributed by atoms with van der Waals surface area (Å²) in [6.45, 7) is -0.00280. The molecule has 0 heterocycles. The van der Waals surface area contributed by atoms with E-state index in [1.54, 1.807) is 0 Å². The standard InChI is InChI=1S/C7H6BrFN2O2/c8-6-1-4(9)2-7(11(12)13)5(6)3-10/h1-2H,3,10H2. The van der Waals surface area contributed by atoms with E-state index in [1.807, 2.05) is 0 Å². The van der Waals surface area contributed by atoms with Crippen molar-refractivity contribution in [1.82, 2.24) is 0 Å². The van der Waals surface area contributed by atoms with E-state index in [0.29, 0.717) is 10.0 Å². The number of nitro benzene ring substituents is 1. The highest BCUT2D eigenvalue weighted by atomic mass is 79.9. The maximum absolute atomic E-state index is 12.7. The lowest BCUT2D eigenvalue weighted by atomic mass is 10.2. The molecule has 0 unspecified atom stereocenters. The smallest absolute Gasteiger partial charge is 0.277 e. The van der Waals surface area contributed by atoms with Crippen molar-refractivity contribution >= 4 is 21.6 Å². The van der Waals surface area contributed by atoms with Gasteiger partial charge in [-0.15, -0.1) is 0 Å². The van der Waals surface area contributed by atoms with Crippen molar-refractivity contribution in [3.05, 3.63) is 38.1 Å². The largest absolute Gasteiger partial charge is 0.326 e. The van der Waals surface area contributed by atoms with Gasteiger partial charge in [0.2, 0.25) is 0 Å². The minimum absolute atomic E-state index is 0.00280. The molecule has 0 amide bonds. The maximum Gasteiger partial charge on any atom is 0.277 e. The second kappa shape index (κ2) is 3.80. The zero-order valence-electron chi connectivity index (χ0n) is 6.46.